The van der Waals surface area contributed by atoms with Crippen LogP contribution < -0.4 is 0 Å². The second-order valence-corrected chi connectivity index (χ2v) is 6.01. The van der Waals surface area contributed by atoms with E-state index in [0.717, 1.165) is 23.4 Å². The first kappa shape index (κ1) is 15.3. The third-order valence-electron chi connectivity index (χ3n) is 3.63. The number of aromatic nitrogens is 1. The van der Waals surface area contributed by atoms with Gasteiger partial charge in [0.15, 0.2) is 5.78 Å². The molecule has 0 aliphatic rings. The molecule has 18 heavy (non-hydrogen) atoms. The summed E-state index contributed by atoms with van der Waals surface area (Å²) in [5.74, 6) is 0.575. The summed E-state index contributed by atoms with van der Waals surface area (Å²) in [4.78, 5) is 12.1. The smallest absolute Gasteiger partial charge is 0.182 e. The highest BCUT2D eigenvalue weighted by atomic mass is 35.5. The first-order valence-corrected chi connectivity index (χ1v) is 7.11. The Morgan fingerprint density at radius 3 is 2.28 bits per heavy atom. The number of carbonyl (C=O) groups excluding carboxylic acids is 1. The molecule has 0 bridgehead atoms. The van der Waals surface area contributed by atoms with Crippen LogP contribution in [0.5, 0.6) is 0 Å². The Morgan fingerprint density at radius 2 is 1.89 bits per heavy atom. The van der Waals surface area contributed by atoms with Crippen molar-refractivity contribution in [3.05, 3.63) is 23.0 Å². The molecule has 0 aliphatic carbocycles. The minimum Gasteiger partial charge on any atom is -0.345 e. The molecule has 2 nitrogen and oxygen atoms in total. The lowest BCUT2D eigenvalue weighted by atomic mass is 10.0. The quantitative estimate of drug-likeness (QED) is 0.569. The third kappa shape index (κ3) is 2.80. The zero-order valence-corrected chi connectivity index (χ0v) is 13.0. The van der Waals surface area contributed by atoms with Gasteiger partial charge in [0.05, 0.1) is 5.38 Å². The largest absolute Gasteiger partial charge is 0.345 e. The van der Waals surface area contributed by atoms with Gasteiger partial charge < -0.3 is 4.57 Å². The lowest BCUT2D eigenvalue weighted by molar-refractivity contribution is 0.0991. The maximum Gasteiger partial charge on any atom is 0.182 e. The van der Waals surface area contributed by atoms with Crippen LogP contribution in [0, 0.1) is 19.8 Å². The van der Waals surface area contributed by atoms with Gasteiger partial charge in [0, 0.05) is 23.0 Å². The van der Waals surface area contributed by atoms with Crippen molar-refractivity contribution in [1.82, 2.24) is 4.57 Å². The first-order chi connectivity index (χ1) is 8.31. The molecular weight excluding hydrogens is 246 g/mol. The van der Waals surface area contributed by atoms with Gasteiger partial charge in [0.1, 0.15) is 0 Å². The molecule has 1 heterocycles. The number of hydrogen-bond acceptors (Lipinski definition) is 1. The molecule has 0 amide bonds. The predicted octanol–water partition coefficient (Wildman–Crippen LogP) is 4.52. The fraction of sp³-hybridized carbons (Fsp3) is 0.667. The zero-order chi connectivity index (χ0) is 14.0. The van der Waals surface area contributed by atoms with E-state index in [9.17, 15) is 4.79 Å². The molecule has 0 fully saturated rings. The molecular formula is C15H24ClNO. The van der Waals surface area contributed by atoms with E-state index >= 15 is 0 Å². The number of halogens is 1. The van der Waals surface area contributed by atoms with Crippen molar-refractivity contribution in [2.24, 2.45) is 5.92 Å². The topological polar surface area (TPSA) is 22.0 Å². The van der Waals surface area contributed by atoms with Gasteiger partial charge in [-0.1, -0.05) is 20.8 Å². The van der Waals surface area contributed by atoms with E-state index in [0.29, 0.717) is 12.0 Å². The fourth-order valence-electron chi connectivity index (χ4n) is 2.70. The second kappa shape index (κ2) is 5.92. The van der Waals surface area contributed by atoms with E-state index in [1.807, 2.05) is 13.0 Å². The summed E-state index contributed by atoms with van der Waals surface area (Å²) in [6.45, 7) is 12.4. The summed E-state index contributed by atoms with van der Waals surface area (Å²) in [5, 5.41) is -0.460. The number of carbonyl (C=O) groups is 1. The minimum absolute atomic E-state index is 0.0228. The van der Waals surface area contributed by atoms with Crippen molar-refractivity contribution >= 4 is 17.4 Å². The summed E-state index contributed by atoms with van der Waals surface area (Å²) in [7, 11) is 0. The van der Waals surface area contributed by atoms with Gasteiger partial charge in [-0.15, -0.1) is 11.6 Å². The maximum absolute atomic E-state index is 12.1. The van der Waals surface area contributed by atoms with Gasteiger partial charge >= 0.3 is 0 Å². The normalized spacial score (nSPS) is 14.9. The maximum atomic E-state index is 12.1. The minimum atomic E-state index is -0.460. The Hall–Kier alpha value is -0.760. The number of ketones is 1. The Bertz CT molecular complexity index is 432. The molecule has 0 spiro atoms. The zero-order valence-electron chi connectivity index (χ0n) is 12.2. The molecule has 0 saturated carbocycles. The van der Waals surface area contributed by atoms with Crippen LogP contribution >= 0.6 is 11.6 Å². The van der Waals surface area contributed by atoms with E-state index in [2.05, 4.69) is 32.3 Å². The van der Waals surface area contributed by atoms with Crippen LogP contribution in [-0.4, -0.2) is 15.7 Å². The third-order valence-corrected chi connectivity index (χ3v) is 3.83. The van der Waals surface area contributed by atoms with Crippen LogP contribution in [0.3, 0.4) is 0 Å². The van der Waals surface area contributed by atoms with E-state index in [1.54, 1.807) is 6.92 Å². The van der Waals surface area contributed by atoms with Crippen molar-refractivity contribution in [3.63, 3.8) is 0 Å². The molecule has 1 aromatic rings. The van der Waals surface area contributed by atoms with Gasteiger partial charge in [-0.2, -0.15) is 0 Å². The van der Waals surface area contributed by atoms with Crippen molar-refractivity contribution < 1.29 is 4.79 Å². The Morgan fingerprint density at radius 1 is 1.33 bits per heavy atom. The molecule has 2 unspecified atom stereocenters. The van der Waals surface area contributed by atoms with Crippen LogP contribution in [0.25, 0.3) is 0 Å². The molecule has 3 heteroatoms. The molecule has 0 radical (unpaired) electrons. The SMILES string of the molecule is CCC(C(C)C)n1c(C)cc(C(=O)C(C)Cl)c1C. The van der Waals surface area contributed by atoms with Crippen molar-refractivity contribution in [3.8, 4) is 0 Å². The van der Waals surface area contributed by atoms with Crippen LogP contribution in [0.4, 0.5) is 0 Å². The van der Waals surface area contributed by atoms with Gasteiger partial charge in [0.25, 0.3) is 0 Å². The molecule has 1 aromatic heterocycles. The molecule has 0 aromatic carbocycles. The van der Waals surface area contributed by atoms with E-state index in [-0.39, 0.29) is 5.78 Å². The highest BCUT2D eigenvalue weighted by Gasteiger charge is 2.23. The number of alkyl halides is 1. The van der Waals surface area contributed by atoms with E-state index in [4.69, 9.17) is 11.6 Å². The molecule has 0 N–H and O–H groups in total. The molecule has 0 saturated heterocycles. The van der Waals surface area contributed by atoms with Gasteiger partial charge in [0.2, 0.25) is 0 Å². The van der Waals surface area contributed by atoms with Crippen LogP contribution in [0.2, 0.25) is 0 Å². The van der Waals surface area contributed by atoms with Gasteiger partial charge in [-0.3, -0.25) is 4.79 Å². The van der Waals surface area contributed by atoms with Gasteiger partial charge in [-0.25, -0.2) is 0 Å². The number of rotatable bonds is 5. The molecule has 102 valence electrons. The summed E-state index contributed by atoms with van der Waals surface area (Å²) < 4.78 is 2.29. The average molecular weight is 270 g/mol. The summed E-state index contributed by atoms with van der Waals surface area (Å²) in [6.07, 6.45) is 1.07. The monoisotopic (exact) mass is 269 g/mol. The first-order valence-electron chi connectivity index (χ1n) is 6.67. The lowest BCUT2D eigenvalue weighted by Gasteiger charge is -2.25. The second-order valence-electron chi connectivity index (χ2n) is 5.35. The number of aryl methyl sites for hydroxylation is 1. The highest BCUT2D eigenvalue weighted by Crippen LogP contribution is 2.29. The molecule has 2 atom stereocenters. The summed E-state index contributed by atoms with van der Waals surface area (Å²) in [6, 6.07) is 2.42. The number of Topliss-reactive ketones (excluding diaryl/α,β-unsaturated/α-hetero) is 1. The molecule has 0 aliphatic heterocycles. The van der Waals surface area contributed by atoms with Crippen molar-refractivity contribution in [2.45, 2.75) is 59.4 Å². The number of hydrogen-bond donors (Lipinski definition) is 0. The predicted molar refractivity (Wildman–Crippen MR) is 77.7 cm³/mol. The van der Waals surface area contributed by atoms with Crippen LogP contribution in [-0.2, 0) is 0 Å². The van der Waals surface area contributed by atoms with Gasteiger partial charge in [-0.05, 0) is 39.2 Å². The van der Waals surface area contributed by atoms with Crippen LogP contribution in [0.1, 0.15) is 61.9 Å². The standard InChI is InChI=1S/C15H24ClNO/c1-7-14(9(2)3)17-10(4)8-13(12(17)6)15(18)11(5)16/h8-9,11,14H,7H2,1-6H3. The highest BCUT2D eigenvalue weighted by molar-refractivity contribution is 6.33. The molecule has 1 rings (SSSR count). The van der Waals surface area contributed by atoms with Crippen LogP contribution in [0.15, 0.2) is 6.07 Å². The van der Waals surface area contributed by atoms with E-state index < -0.39 is 5.38 Å². The van der Waals surface area contributed by atoms with Crippen molar-refractivity contribution in [1.29, 1.82) is 0 Å². The lowest BCUT2D eigenvalue weighted by Crippen LogP contribution is -2.18. The Kier molecular flexibility index (Phi) is 5.03. The summed E-state index contributed by atoms with van der Waals surface area (Å²) in [5.41, 5.74) is 2.97. The average Bonchev–Trinajstić information content (AvgIpc) is 2.56. The summed E-state index contributed by atoms with van der Waals surface area (Å²) >= 11 is 5.91. The fourth-order valence-corrected chi connectivity index (χ4v) is 2.82. The Balaban J connectivity index is 3.27. The Labute approximate surface area is 115 Å². The number of nitrogens with zero attached hydrogens (tertiary/aromatic N) is 1. The van der Waals surface area contributed by atoms with Crippen molar-refractivity contribution in [2.75, 3.05) is 0 Å². The van der Waals surface area contributed by atoms with E-state index in [1.165, 1.54) is 0 Å².